The summed E-state index contributed by atoms with van der Waals surface area (Å²) >= 11 is 0. The van der Waals surface area contributed by atoms with Crippen molar-refractivity contribution in [3.63, 3.8) is 0 Å². The van der Waals surface area contributed by atoms with E-state index in [1.54, 1.807) is 17.0 Å². The zero-order chi connectivity index (χ0) is 18.2. The van der Waals surface area contributed by atoms with Gasteiger partial charge in [0.05, 0.1) is 20.0 Å². The van der Waals surface area contributed by atoms with Gasteiger partial charge in [-0.1, -0.05) is 42.0 Å². The molecule has 0 N–H and O–H groups in total. The van der Waals surface area contributed by atoms with Crippen molar-refractivity contribution in [3.05, 3.63) is 71.0 Å². The van der Waals surface area contributed by atoms with Gasteiger partial charge in [0, 0.05) is 13.1 Å². The zero-order valence-electron chi connectivity index (χ0n) is 14.5. The molecule has 4 nitrogen and oxygen atoms in total. The maximum Gasteiger partial charge on any atom is 0.307 e. The molecule has 0 aliphatic rings. The molecule has 132 valence electrons. The second-order valence-electron chi connectivity index (χ2n) is 5.93. The van der Waals surface area contributed by atoms with E-state index >= 15 is 0 Å². The first-order valence-corrected chi connectivity index (χ1v) is 8.12. The summed E-state index contributed by atoms with van der Waals surface area (Å²) in [7, 11) is 1.33. The van der Waals surface area contributed by atoms with Crippen molar-refractivity contribution < 1.29 is 18.7 Å². The quantitative estimate of drug-likeness (QED) is 0.725. The Morgan fingerprint density at radius 1 is 1.00 bits per heavy atom. The molecule has 0 aromatic heterocycles. The monoisotopic (exact) mass is 343 g/mol. The minimum Gasteiger partial charge on any atom is -0.469 e. The Bertz CT molecular complexity index is 711. The van der Waals surface area contributed by atoms with Gasteiger partial charge < -0.3 is 9.64 Å². The lowest BCUT2D eigenvalue weighted by molar-refractivity contribution is -0.141. The second kappa shape index (κ2) is 8.97. The molecule has 0 heterocycles. The first kappa shape index (κ1) is 18.6. The van der Waals surface area contributed by atoms with Crippen molar-refractivity contribution in [2.45, 2.75) is 26.3 Å². The maximum absolute atomic E-state index is 13.0. The summed E-state index contributed by atoms with van der Waals surface area (Å²) in [5.74, 6) is -0.807. The van der Waals surface area contributed by atoms with Crippen LogP contribution in [0.4, 0.5) is 4.39 Å². The van der Waals surface area contributed by atoms with Crippen LogP contribution in [-0.2, 0) is 27.3 Å². The third kappa shape index (κ3) is 6.03. The summed E-state index contributed by atoms with van der Waals surface area (Å²) < 4.78 is 17.7. The number of methoxy groups -OCH3 is 1. The minimum atomic E-state index is -0.358. The van der Waals surface area contributed by atoms with Gasteiger partial charge in [-0.25, -0.2) is 4.39 Å². The molecule has 5 heteroatoms. The number of esters is 1. The molecule has 25 heavy (non-hydrogen) atoms. The van der Waals surface area contributed by atoms with Gasteiger partial charge in [-0.2, -0.15) is 0 Å². The number of carbonyl (C=O) groups excluding carboxylic acids is 2. The molecule has 0 spiro atoms. The summed E-state index contributed by atoms with van der Waals surface area (Å²) in [6.07, 6.45) is 0.296. The van der Waals surface area contributed by atoms with Crippen LogP contribution in [0.25, 0.3) is 0 Å². The highest BCUT2D eigenvalue weighted by molar-refractivity contribution is 5.79. The van der Waals surface area contributed by atoms with Crippen LogP contribution in [0.3, 0.4) is 0 Å². The number of nitrogens with zero attached hydrogens (tertiary/aromatic N) is 1. The Labute approximate surface area is 147 Å². The first-order chi connectivity index (χ1) is 12.0. The van der Waals surface area contributed by atoms with Crippen LogP contribution >= 0.6 is 0 Å². The number of halogens is 1. The molecule has 0 radical (unpaired) electrons. The molecule has 2 aromatic carbocycles. The molecule has 0 aliphatic carbocycles. The molecular formula is C20H22FNO3. The van der Waals surface area contributed by atoms with E-state index in [9.17, 15) is 14.0 Å². The molecule has 2 aromatic rings. The van der Waals surface area contributed by atoms with Gasteiger partial charge in [0.15, 0.2) is 0 Å². The largest absolute Gasteiger partial charge is 0.469 e. The molecule has 0 aliphatic heterocycles. The van der Waals surface area contributed by atoms with Crippen LogP contribution in [0.15, 0.2) is 48.5 Å². The minimum absolute atomic E-state index is 0.115. The van der Waals surface area contributed by atoms with Gasteiger partial charge in [-0.05, 0) is 30.2 Å². The Morgan fingerprint density at radius 3 is 2.20 bits per heavy atom. The predicted octanol–water partition coefficient (Wildman–Crippen LogP) is 3.27. The van der Waals surface area contributed by atoms with Crippen LogP contribution < -0.4 is 0 Å². The lowest BCUT2D eigenvalue weighted by Crippen LogP contribution is -2.34. The number of ether oxygens (including phenoxy) is 1. The number of hydrogen-bond donors (Lipinski definition) is 0. The summed E-state index contributed by atoms with van der Waals surface area (Å²) in [6.45, 7) is 2.69. The molecule has 1 amide bonds. The van der Waals surface area contributed by atoms with E-state index < -0.39 is 0 Å². The van der Waals surface area contributed by atoms with Gasteiger partial charge in [0.25, 0.3) is 0 Å². The summed E-state index contributed by atoms with van der Waals surface area (Å²) in [4.78, 5) is 25.7. The van der Waals surface area contributed by atoms with E-state index in [1.165, 1.54) is 19.2 Å². The summed E-state index contributed by atoms with van der Waals surface area (Å²) in [6, 6.07) is 13.8. The average molecular weight is 343 g/mol. The zero-order valence-corrected chi connectivity index (χ0v) is 14.5. The predicted molar refractivity (Wildman–Crippen MR) is 93.3 cm³/mol. The Kier molecular flexibility index (Phi) is 6.69. The molecule has 0 atom stereocenters. The number of hydrogen-bond acceptors (Lipinski definition) is 3. The average Bonchev–Trinajstić information content (AvgIpc) is 2.61. The number of rotatable bonds is 7. The van der Waals surface area contributed by atoms with Gasteiger partial charge in [-0.15, -0.1) is 0 Å². The first-order valence-electron chi connectivity index (χ1n) is 8.12. The molecular weight excluding hydrogens is 321 g/mol. The van der Waals surface area contributed by atoms with E-state index in [4.69, 9.17) is 0 Å². The van der Waals surface area contributed by atoms with Crippen molar-refractivity contribution in [2.24, 2.45) is 0 Å². The van der Waals surface area contributed by atoms with E-state index in [-0.39, 0.29) is 37.1 Å². The standard InChI is InChI=1S/C20H22FNO3/c1-15-3-5-17(6-4-15)14-22(12-11-20(24)25-2)19(23)13-16-7-9-18(21)10-8-16/h3-10H,11-14H2,1-2H3. The van der Waals surface area contributed by atoms with Gasteiger partial charge in [0.1, 0.15) is 5.82 Å². The fourth-order valence-electron chi connectivity index (χ4n) is 2.42. The molecule has 0 unspecified atom stereocenters. The molecule has 0 saturated heterocycles. The molecule has 2 rings (SSSR count). The number of benzene rings is 2. The van der Waals surface area contributed by atoms with Crippen LogP contribution in [-0.4, -0.2) is 30.4 Å². The van der Waals surface area contributed by atoms with Crippen molar-refractivity contribution in [1.29, 1.82) is 0 Å². The SMILES string of the molecule is COC(=O)CCN(Cc1ccc(C)cc1)C(=O)Cc1ccc(F)cc1. The molecule has 0 saturated carbocycles. The van der Waals surface area contributed by atoms with Crippen LogP contribution in [0.5, 0.6) is 0 Å². The summed E-state index contributed by atoms with van der Waals surface area (Å²) in [5, 5.41) is 0. The van der Waals surface area contributed by atoms with Crippen LogP contribution in [0.1, 0.15) is 23.1 Å². The highest BCUT2D eigenvalue weighted by Crippen LogP contribution is 2.11. The Balaban J connectivity index is 2.08. The van der Waals surface area contributed by atoms with Crippen LogP contribution in [0, 0.1) is 12.7 Å². The van der Waals surface area contributed by atoms with E-state index in [1.807, 2.05) is 31.2 Å². The van der Waals surface area contributed by atoms with E-state index in [0.29, 0.717) is 6.54 Å². The summed E-state index contributed by atoms with van der Waals surface area (Å²) in [5.41, 5.74) is 2.86. The second-order valence-corrected chi connectivity index (χ2v) is 5.93. The normalized spacial score (nSPS) is 10.4. The number of aryl methyl sites for hydroxylation is 1. The number of carbonyl (C=O) groups is 2. The topological polar surface area (TPSA) is 46.6 Å². The van der Waals surface area contributed by atoms with Crippen molar-refractivity contribution in [2.75, 3.05) is 13.7 Å². The maximum atomic E-state index is 13.0. The van der Waals surface area contributed by atoms with E-state index in [0.717, 1.165) is 16.7 Å². The lowest BCUT2D eigenvalue weighted by atomic mass is 10.1. The fraction of sp³-hybridized carbons (Fsp3) is 0.300. The third-order valence-corrected chi connectivity index (χ3v) is 3.93. The van der Waals surface area contributed by atoms with Gasteiger partial charge >= 0.3 is 5.97 Å². The number of amides is 1. The van der Waals surface area contributed by atoms with E-state index in [2.05, 4.69) is 4.74 Å². The van der Waals surface area contributed by atoms with Crippen LogP contribution in [0.2, 0.25) is 0 Å². The van der Waals surface area contributed by atoms with Crippen molar-refractivity contribution in [1.82, 2.24) is 4.90 Å². The fourth-order valence-corrected chi connectivity index (χ4v) is 2.42. The van der Waals surface area contributed by atoms with Gasteiger partial charge in [0.2, 0.25) is 5.91 Å². The van der Waals surface area contributed by atoms with Gasteiger partial charge in [-0.3, -0.25) is 9.59 Å². The third-order valence-electron chi connectivity index (χ3n) is 3.93. The molecule has 0 bridgehead atoms. The lowest BCUT2D eigenvalue weighted by Gasteiger charge is -2.23. The van der Waals surface area contributed by atoms with Crippen molar-refractivity contribution in [3.8, 4) is 0 Å². The Morgan fingerprint density at radius 2 is 1.60 bits per heavy atom. The smallest absolute Gasteiger partial charge is 0.307 e. The highest BCUT2D eigenvalue weighted by Gasteiger charge is 2.16. The Hall–Kier alpha value is -2.69. The van der Waals surface area contributed by atoms with Crippen molar-refractivity contribution >= 4 is 11.9 Å². The molecule has 0 fully saturated rings. The highest BCUT2D eigenvalue weighted by atomic mass is 19.1.